The summed E-state index contributed by atoms with van der Waals surface area (Å²) < 4.78 is 0. The van der Waals surface area contributed by atoms with Crippen LogP contribution in [0.25, 0.3) is 0 Å². The number of thiocarbonyl (C=S) groups is 1. The molecule has 0 aromatic heterocycles. The summed E-state index contributed by atoms with van der Waals surface area (Å²) in [7, 11) is 0. The van der Waals surface area contributed by atoms with E-state index in [1.54, 1.807) is 0 Å². The monoisotopic (exact) mass is 332 g/mol. The molecule has 1 spiro atoms. The Morgan fingerprint density at radius 2 is 1.91 bits per heavy atom. The zero-order valence-electron chi connectivity index (χ0n) is 13.0. The lowest BCUT2D eigenvalue weighted by Gasteiger charge is -2.30. The maximum Gasteiger partial charge on any atom is 0.344 e. The number of nitrogens with one attached hydrogen (secondary N) is 3. The van der Waals surface area contributed by atoms with Gasteiger partial charge in [-0.15, -0.1) is 0 Å². The lowest BCUT2D eigenvalue weighted by Crippen LogP contribution is -2.51. The van der Waals surface area contributed by atoms with Crippen LogP contribution < -0.4 is 16.1 Å². The molecule has 1 aliphatic carbocycles. The SMILES string of the molecule is Cc1ccccc1NC(=S)NN1C(=O)NC2(CCCCC2)C1=O. The molecule has 1 aromatic carbocycles. The van der Waals surface area contributed by atoms with Gasteiger partial charge in [-0.1, -0.05) is 37.5 Å². The summed E-state index contributed by atoms with van der Waals surface area (Å²) in [6.45, 7) is 1.95. The van der Waals surface area contributed by atoms with E-state index >= 15 is 0 Å². The minimum absolute atomic E-state index is 0.218. The molecule has 7 heteroatoms. The minimum atomic E-state index is -0.749. The number of imide groups is 1. The molecule has 1 saturated heterocycles. The van der Waals surface area contributed by atoms with Crippen LogP contribution in [-0.4, -0.2) is 27.6 Å². The Labute approximate surface area is 140 Å². The molecule has 0 radical (unpaired) electrons. The van der Waals surface area contributed by atoms with Crippen molar-refractivity contribution in [1.29, 1.82) is 0 Å². The quantitative estimate of drug-likeness (QED) is 0.573. The molecule has 122 valence electrons. The standard InChI is InChI=1S/C16H20N4O2S/c1-11-7-3-4-8-12(11)17-14(23)19-20-13(21)16(18-15(20)22)9-5-2-6-10-16/h3-4,7-8H,2,5-6,9-10H2,1H3,(H,18,22)(H2,17,19,23). The van der Waals surface area contributed by atoms with E-state index in [4.69, 9.17) is 12.2 Å². The molecular formula is C16H20N4O2S. The number of benzene rings is 1. The Morgan fingerprint density at radius 1 is 1.22 bits per heavy atom. The lowest BCUT2D eigenvalue weighted by atomic mass is 9.82. The Balaban J connectivity index is 1.68. The molecule has 1 saturated carbocycles. The molecule has 3 rings (SSSR count). The summed E-state index contributed by atoms with van der Waals surface area (Å²) in [5.74, 6) is -0.240. The van der Waals surface area contributed by atoms with E-state index in [0.717, 1.165) is 35.5 Å². The largest absolute Gasteiger partial charge is 0.344 e. The number of aryl methyl sites for hydroxylation is 1. The molecule has 3 N–H and O–H groups in total. The van der Waals surface area contributed by atoms with Crippen molar-refractivity contribution in [2.24, 2.45) is 0 Å². The summed E-state index contributed by atoms with van der Waals surface area (Å²) in [4.78, 5) is 24.8. The Morgan fingerprint density at radius 3 is 2.61 bits per heavy atom. The number of anilines is 1. The molecule has 0 atom stereocenters. The Bertz CT molecular complexity index is 655. The number of amides is 3. The number of hydrazine groups is 1. The van der Waals surface area contributed by atoms with Gasteiger partial charge in [-0.05, 0) is 43.6 Å². The zero-order chi connectivity index (χ0) is 16.4. The van der Waals surface area contributed by atoms with Crippen molar-refractivity contribution in [3.05, 3.63) is 29.8 Å². The molecule has 6 nitrogen and oxygen atoms in total. The molecule has 1 aromatic rings. The first kappa shape index (κ1) is 15.7. The van der Waals surface area contributed by atoms with Crippen LogP contribution in [0.4, 0.5) is 10.5 Å². The topological polar surface area (TPSA) is 73.5 Å². The van der Waals surface area contributed by atoms with Crippen LogP contribution in [0.1, 0.15) is 37.7 Å². The Kier molecular flexibility index (Phi) is 4.21. The number of urea groups is 1. The van der Waals surface area contributed by atoms with E-state index in [0.29, 0.717) is 12.8 Å². The second-order valence-electron chi connectivity index (χ2n) is 6.09. The van der Waals surface area contributed by atoms with Gasteiger partial charge in [0.25, 0.3) is 5.91 Å². The average Bonchev–Trinajstić information content (AvgIpc) is 2.75. The summed E-state index contributed by atoms with van der Waals surface area (Å²) >= 11 is 5.23. The summed E-state index contributed by atoms with van der Waals surface area (Å²) in [5, 5.41) is 7.07. The van der Waals surface area contributed by atoms with Crippen molar-refractivity contribution < 1.29 is 9.59 Å². The van der Waals surface area contributed by atoms with Gasteiger partial charge in [-0.3, -0.25) is 10.2 Å². The average molecular weight is 332 g/mol. The maximum atomic E-state index is 12.6. The number of rotatable bonds is 2. The van der Waals surface area contributed by atoms with Crippen molar-refractivity contribution in [3.8, 4) is 0 Å². The van der Waals surface area contributed by atoms with Gasteiger partial charge in [-0.2, -0.15) is 5.01 Å². The van der Waals surface area contributed by atoms with Gasteiger partial charge in [0, 0.05) is 5.69 Å². The smallest absolute Gasteiger partial charge is 0.331 e. The third-order valence-electron chi connectivity index (χ3n) is 4.48. The number of nitrogens with zero attached hydrogens (tertiary/aromatic N) is 1. The molecule has 2 aliphatic rings. The Hall–Kier alpha value is -2.15. The number of hydrogen-bond acceptors (Lipinski definition) is 3. The van der Waals surface area contributed by atoms with Gasteiger partial charge in [-0.25, -0.2) is 4.79 Å². The van der Waals surface area contributed by atoms with Crippen molar-refractivity contribution in [2.45, 2.75) is 44.6 Å². The van der Waals surface area contributed by atoms with Crippen LogP contribution in [-0.2, 0) is 4.79 Å². The van der Waals surface area contributed by atoms with Crippen LogP contribution in [0.3, 0.4) is 0 Å². The normalized spacial score (nSPS) is 19.6. The summed E-state index contributed by atoms with van der Waals surface area (Å²) in [6, 6.07) is 7.23. The number of para-hydroxylation sites is 1. The molecular weight excluding hydrogens is 312 g/mol. The van der Waals surface area contributed by atoms with E-state index in [2.05, 4.69) is 16.1 Å². The van der Waals surface area contributed by atoms with Crippen LogP contribution in [0.2, 0.25) is 0 Å². The predicted molar refractivity (Wildman–Crippen MR) is 91.7 cm³/mol. The van der Waals surface area contributed by atoms with Gasteiger partial charge in [0.15, 0.2) is 5.11 Å². The van der Waals surface area contributed by atoms with Crippen LogP contribution in [0, 0.1) is 6.92 Å². The number of carbonyl (C=O) groups excluding carboxylic acids is 2. The summed E-state index contributed by atoms with van der Waals surface area (Å²) in [6.07, 6.45) is 4.38. The second kappa shape index (κ2) is 6.16. The van der Waals surface area contributed by atoms with E-state index in [1.165, 1.54) is 0 Å². The highest BCUT2D eigenvalue weighted by Crippen LogP contribution is 2.33. The minimum Gasteiger partial charge on any atom is -0.331 e. The lowest BCUT2D eigenvalue weighted by molar-refractivity contribution is -0.133. The zero-order valence-corrected chi connectivity index (χ0v) is 13.8. The second-order valence-corrected chi connectivity index (χ2v) is 6.50. The number of hydrogen-bond donors (Lipinski definition) is 3. The van der Waals surface area contributed by atoms with Crippen molar-refractivity contribution >= 4 is 35.0 Å². The highest BCUT2D eigenvalue weighted by Gasteiger charge is 2.51. The fourth-order valence-electron chi connectivity index (χ4n) is 3.18. The first-order chi connectivity index (χ1) is 11.0. The molecule has 2 fully saturated rings. The molecule has 0 bridgehead atoms. The first-order valence-electron chi connectivity index (χ1n) is 7.82. The van der Waals surface area contributed by atoms with Crippen molar-refractivity contribution in [3.63, 3.8) is 0 Å². The molecule has 1 heterocycles. The fourth-order valence-corrected chi connectivity index (χ4v) is 3.38. The van der Waals surface area contributed by atoms with Crippen molar-refractivity contribution in [1.82, 2.24) is 15.8 Å². The van der Waals surface area contributed by atoms with Crippen LogP contribution >= 0.6 is 12.2 Å². The van der Waals surface area contributed by atoms with Gasteiger partial charge in [0.1, 0.15) is 5.54 Å². The summed E-state index contributed by atoms with van der Waals surface area (Å²) in [5.41, 5.74) is 3.83. The fraction of sp³-hybridized carbons (Fsp3) is 0.438. The van der Waals surface area contributed by atoms with Crippen LogP contribution in [0.5, 0.6) is 0 Å². The van der Waals surface area contributed by atoms with Gasteiger partial charge in [0.2, 0.25) is 0 Å². The predicted octanol–water partition coefficient (Wildman–Crippen LogP) is 2.45. The molecule has 0 unspecified atom stereocenters. The molecule has 1 aliphatic heterocycles. The maximum absolute atomic E-state index is 12.6. The van der Waals surface area contributed by atoms with E-state index in [-0.39, 0.29) is 11.0 Å². The van der Waals surface area contributed by atoms with E-state index in [9.17, 15) is 9.59 Å². The van der Waals surface area contributed by atoms with Gasteiger partial charge in [0.05, 0.1) is 0 Å². The van der Waals surface area contributed by atoms with Gasteiger partial charge >= 0.3 is 6.03 Å². The third kappa shape index (κ3) is 3.01. The third-order valence-corrected chi connectivity index (χ3v) is 4.67. The highest BCUT2D eigenvalue weighted by molar-refractivity contribution is 7.80. The highest BCUT2D eigenvalue weighted by atomic mass is 32.1. The van der Waals surface area contributed by atoms with Crippen molar-refractivity contribution in [2.75, 3.05) is 5.32 Å². The molecule has 23 heavy (non-hydrogen) atoms. The number of carbonyl (C=O) groups is 2. The van der Waals surface area contributed by atoms with Gasteiger partial charge < -0.3 is 10.6 Å². The van der Waals surface area contributed by atoms with E-state index in [1.807, 2.05) is 31.2 Å². The van der Waals surface area contributed by atoms with Crippen LogP contribution in [0.15, 0.2) is 24.3 Å². The molecule has 3 amide bonds. The first-order valence-corrected chi connectivity index (χ1v) is 8.23. The van der Waals surface area contributed by atoms with E-state index < -0.39 is 11.6 Å².